The van der Waals surface area contributed by atoms with E-state index in [1.807, 2.05) is 0 Å². The lowest BCUT2D eigenvalue weighted by Gasteiger charge is -2.33. The number of hydrogen-bond acceptors (Lipinski definition) is 3. The van der Waals surface area contributed by atoms with E-state index in [1.54, 1.807) is 4.90 Å². The molecule has 0 aliphatic carbocycles. The molecule has 0 bridgehead atoms. The van der Waals surface area contributed by atoms with Crippen LogP contribution in [0.2, 0.25) is 0 Å². The second kappa shape index (κ2) is 5.36. The number of likely N-dealkylation sites (tertiary alicyclic amines) is 2. The Morgan fingerprint density at radius 2 is 1.95 bits per heavy atom. The van der Waals surface area contributed by atoms with E-state index in [4.69, 9.17) is 5.11 Å². The molecule has 2 aliphatic rings. The molecule has 0 aromatic rings. The minimum atomic E-state index is -1.04. The van der Waals surface area contributed by atoms with Crippen LogP contribution in [-0.2, 0) is 4.79 Å². The average molecular weight is 270 g/mol. The smallest absolute Gasteiger partial charge is 0.326 e. The predicted molar refractivity (Wildman–Crippen MR) is 68.7 cm³/mol. The summed E-state index contributed by atoms with van der Waals surface area (Å²) in [6.07, 6.45) is 1.33. The Morgan fingerprint density at radius 3 is 2.53 bits per heavy atom. The van der Waals surface area contributed by atoms with E-state index in [0.717, 1.165) is 12.8 Å². The molecule has 2 amide bonds. The molecule has 6 nitrogen and oxygen atoms in total. The summed E-state index contributed by atoms with van der Waals surface area (Å²) in [6, 6.07) is -0.948. The van der Waals surface area contributed by atoms with Crippen molar-refractivity contribution in [3.8, 4) is 0 Å². The number of carboxylic acid groups (broad SMARTS) is 1. The number of nitrogens with zero attached hydrogens (tertiary/aromatic N) is 2. The van der Waals surface area contributed by atoms with Gasteiger partial charge in [-0.3, -0.25) is 0 Å². The highest BCUT2D eigenvalue weighted by Crippen LogP contribution is 2.28. The molecular formula is C13H22N2O4. The first kappa shape index (κ1) is 14.1. The van der Waals surface area contributed by atoms with Gasteiger partial charge >= 0.3 is 12.0 Å². The van der Waals surface area contributed by atoms with Gasteiger partial charge in [0.1, 0.15) is 6.04 Å². The van der Waals surface area contributed by atoms with E-state index in [9.17, 15) is 14.7 Å². The Bertz CT molecular complexity index is 372. The first-order valence-corrected chi connectivity index (χ1v) is 6.90. The molecule has 6 heteroatoms. The minimum Gasteiger partial charge on any atom is -0.480 e. The third kappa shape index (κ3) is 2.68. The quantitative estimate of drug-likeness (QED) is 0.775. The molecule has 0 aromatic heterocycles. The molecule has 0 spiro atoms. The van der Waals surface area contributed by atoms with Crippen molar-refractivity contribution in [1.82, 2.24) is 9.80 Å². The maximum atomic E-state index is 12.5. The van der Waals surface area contributed by atoms with E-state index in [1.165, 1.54) is 4.90 Å². The fraction of sp³-hybridized carbons (Fsp3) is 0.846. The normalized spacial score (nSPS) is 31.3. The lowest BCUT2D eigenvalue weighted by Crippen LogP contribution is -2.50. The molecule has 2 fully saturated rings. The van der Waals surface area contributed by atoms with E-state index in [0.29, 0.717) is 12.5 Å². The van der Waals surface area contributed by atoms with Gasteiger partial charge in [0.15, 0.2) is 0 Å². The number of aliphatic carboxylic acids is 1. The Kier molecular flexibility index (Phi) is 3.99. The number of rotatable bonds is 2. The molecule has 2 aliphatic heterocycles. The lowest BCUT2D eigenvalue weighted by atomic mass is 10.0. The van der Waals surface area contributed by atoms with Crippen LogP contribution in [0.4, 0.5) is 4.79 Å². The number of urea groups is 1. The Balaban J connectivity index is 2.12. The summed E-state index contributed by atoms with van der Waals surface area (Å²) in [4.78, 5) is 26.8. The van der Waals surface area contributed by atoms with E-state index in [2.05, 4.69) is 13.8 Å². The third-order valence-corrected chi connectivity index (χ3v) is 4.12. The van der Waals surface area contributed by atoms with Gasteiger partial charge in [0.2, 0.25) is 0 Å². The minimum absolute atomic E-state index is 0.122. The van der Waals surface area contributed by atoms with Crippen molar-refractivity contribution in [2.75, 3.05) is 13.1 Å². The van der Waals surface area contributed by atoms with Gasteiger partial charge in [-0.15, -0.1) is 0 Å². The number of amides is 2. The molecule has 2 saturated heterocycles. The molecular weight excluding hydrogens is 248 g/mol. The number of hydrogen-bond donors (Lipinski definition) is 2. The molecule has 19 heavy (non-hydrogen) atoms. The predicted octanol–water partition coefficient (Wildman–Crippen LogP) is 0.747. The van der Waals surface area contributed by atoms with Crippen molar-refractivity contribution >= 4 is 12.0 Å². The van der Waals surface area contributed by atoms with Gasteiger partial charge in [-0.25, -0.2) is 9.59 Å². The van der Waals surface area contributed by atoms with Gasteiger partial charge in [-0.1, -0.05) is 13.8 Å². The summed E-state index contributed by atoms with van der Waals surface area (Å²) < 4.78 is 0. The van der Waals surface area contributed by atoms with Crippen LogP contribution < -0.4 is 0 Å². The maximum Gasteiger partial charge on any atom is 0.326 e. The van der Waals surface area contributed by atoms with Gasteiger partial charge in [0, 0.05) is 25.6 Å². The summed E-state index contributed by atoms with van der Waals surface area (Å²) in [7, 11) is 0. The van der Waals surface area contributed by atoms with Gasteiger partial charge in [-0.05, 0) is 18.8 Å². The van der Waals surface area contributed by atoms with Crippen LogP contribution in [0.25, 0.3) is 0 Å². The Labute approximate surface area is 113 Å². The molecule has 0 saturated carbocycles. The fourth-order valence-corrected chi connectivity index (χ4v) is 3.15. The second-order valence-electron chi connectivity index (χ2n) is 5.83. The number of aliphatic hydroxyl groups is 1. The van der Waals surface area contributed by atoms with Crippen molar-refractivity contribution < 1.29 is 19.8 Å². The molecule has 3 unspecified atom stereocenters. The molecule has 3 atom stereocenters. The number of β-amino-alcohol motifs (C(OH)–C–C–N with tert-alkyl or cyclic N) is 1. The highest BCUT2D eigenvalue weighted by molar-refractivity contribution is 5.83. The van der Waals surface area contributed by atoms with Crippen LogP contribution >= 0.6 is 0 Å². The Morgan fingerprint density at radius 1 is 1.26 bits per heavy atom. The van der Waals surface area contributed by atoms with Crippen molar-refractivity contribution in [2.24, 2.45) is 5.92 Å². The van der Waals surface area contributed by atoms with E-state index in [-0.39, 0.29) is 25.0 Å². The van der Waals surface area contributed by atoms with Gasteiger partial charge in [-0.2, -0.15) is 0 Å². The largest absolute Gasteiger partial charge is 0.480 e. The average Bonchev–Trinajstić information content (AvgIpc) is 2.93. The first-order valence-electron chi connectivity index (χ1n) is 6.90. The Hall–Kier alpha value is -1.30. The van der Waals surface area contributed by atoms with Crippen LogP contribution in [-0.4, -0.2) is 63.3 Å². The van der Waals surface area contributed by atoms with Gasteiger partial charge < -0.3 is 20.0 Å². The molecule has 0 radical (unpaired) electrons. The summed E-state index contributed by atoms with van der Waals surface area (Å²) >= 11 is 0. The molecule has 2 heterocycles. The first-order chi connectivity index (χ1) is 8.91. The van der Waals surface area contributed by atoms with Crippen LogP contribution in [0.5, 0.6) is 0 Å². The van der Waals surface area contributed by atoms with Crippen LogP contribution in [0.3, 0.4) is 0 Å². The maximum absolute atomic E-state index is 12.5. The van der Waals surface area contributed by atoms with E-state index < -0.39 is 18.1 Å². The third-order valence-electron chi connectivity index (χ3n) is 4.12. The number of aliphatic hydroxyl groups excluding tert-OH is 1. The summed E-state index contributed by atoms with van der Waals surface area (Å²) in [5, 5.41) is 18.8. The van der Waals surface area contributed by atoms with Crippen LogP contribution in [0.1, 0.15) is 33.1 Å². The summed E-state index contributed by atoms with van der Waals surface area (Å²) in [5.74, 6) is -0.674. The number of carbonyl (C=O) groups excluding carboxylic acids is 1. The lowest BCUT2D eigenvalue weighted by molar-refractivity contribution is -0.141. The standard InChI is InChI=1S/C13H22N2O4/c1-8(2)10-4-3-5-14(10)13(19)15-7-9(16)6-11(15)12(17)18/h8-11,16H,3-7H2,1-2H3,(H,17,18). The van der Waals surface area contributed by atoms with Crippen LogP contribution in [0.15, 0.2) is 0 Å². The van der Waals surface area contributed by atoms with Crippen molar-refractivity contribution in [3.05, 3.63) is 0 Å². The van der Waals surface area contributed by atoms with Crippen LogP contribution in [0, 0.1) is 5.92 Å². The fourth-order valence-electron chi connectivity index (χ4n) is 3.15. The molecule has 2 rings (SSSR count). The van der Waals surface area contributed by atoms with Gasteiger partial charge in [0.25, 0.3) is 0 Å². The highest BCUT2D eigenvalue weighted by Gasteiger charge is 2.43. The molecule has 2 N–H and O–H groups in total. The second-order valence-corrected chi connectivity index (χ2v) is 5.83. The highest BCUT2D eigenvalue weighted by atomic mass is 16.4. The zero-order valence-electron chi connectivity index (χ0n) is 11.5. The molecule has 108 valence electrons. The zero-order chi connectivity index (χ0) is 14.2. The van der Waals surface area contributed by atoms with E-state index >= 15 is 0 Å². The number of carboxylic acids is 1. The monoisotopic (exact) mass is 270 g/mol. The summed E-state index contributed by atoms with van der Waals surface area (Å²) in [5.41, 5.74) is 0. The van der Waals surface area contributed by atoms with Crippen molar-refractivity contribution in [3.63, 3.8) is 0 Å². The summed E-state index contributed by atoms with van der Waals surface area (Å²) in [6.45, 7) is 4.95. The van der Waals surface area contributed by atoms with Gasteiger partial charge in [0.05, 0.1) is 6.10 Å². The number of carbonyl (C=O) groups is 2. The topological polar surface area (TPSA) is 81.1 Å². The zero-order valence-corrected chi connectivity index (χ0v) is 11.5. The molecule has 0 aromatic carbocycles. The van der Waals surface area contributed by atoms with Crippen molar-refractivity contribution in [2.45, 2.75) is 51.3 Å². The SMILES string of the molecule is CC(C)C1CCCN1C(=O)N1CC(O)CC1C(=O)O. The van der Waals surface area contributed by atoms with Crippen molar-refractivity contribution in [1.29, 1.82) is 0 Å².